The Morgan fingerprint density at radius 2 is 2.12 bits per heavy atom. The minimum Gasteiger partial charge on any atom is -0.294 e. The topological polar surface area (TPSA) is 70.0 Å². The molecule has 0 amide bonds. The van der Waals surface area contributed by atoms with Gasteiger partial charge in [-0.25, -0.2) is 9.37 Å². The highest BCUT2D eigenvalue weighted by Crippen LogP contribution is 2.47. The van der Waals surface area contributed by atoms with E-state index in [1.807, 2.05) is 6.20 Å². The quantitative estimate of drug-likeness (QED) is 0.567. The van der Waals surface area contributed by atoms with Crippen molar-refractivity contribution >= 4 is 16.6 Å². The van der Waals surface area contributed by atoms with Gasteiger partial charge in [0.2, 0.25) is 0 Å². The van der Waals surface area contributed by atoms with E-state index in [2.05, 4.69) is 22.2 Å². The summed E-state index contributed by atoms with van der Waals surface area (Å²) >= 11 is 0. The Hall–Kier alpha value is -3.03. The van der Waals surface area contributed by atoms with Gasteiger partial charge in [0.05, 0.1) is 22.8 Å². The Morgan fingerprint density at radius 1 is 1.31 bits per heavy atom. The lowest BCUT2D eigenvalue weighted by Gasteiger charge is -2.08. The molecule has 0 radical (unpaired) electrons. The first-order valence-corrected chi connectivity index (χ1v) is 8.52. The number of imidazole rings is 1. The molecule has 1 aromatic carbocycles. The lowest BCUT2D eigenvalue weighted by atomic mass is 10.0. The highest BCUT2D eigenvalue weighted by molar-refractivity contribution is 5.82. The number of aromatic nitrogens is 6. The van der Waals surface area contributed by atoms with Gasteiger partial charge in [-0.2, -0.15) is 4.68 Å². The van der Waals surface area contributed by atoms with E-state index in [1.54, 1.807) is 28.5 Å². The number of nitrogens with zero attached hydrogens (tertiary/aromatic N) is 6. The fourth-order valence-electron chi connectivity index (χ4n) is 3.46. The van der Waals surface area contributed by atoms with Gasteiger partial charge in [-0.05, 0) is 42.9 Å². The minimum absolute atomic E-state index is 0.278. The first-order chi connectivity index (χ1) is 12.5. The van der Waals surface area contributed by atoms with Gasteiger partial charge in [0.1, 0.15) is 12.1 Å². The van der Waals surface area contributed by atoms with Gasteiger partial charge in [-0.1, -0.05) is 12.1 Å². The largest absolute Gasteiger partial charge is 0.294 e. The predicted octanol–water partition coefficient (Wildman–Crippen LogP) is 2.25. The molecule has 0 N–H and O–H groups in total. The maximum Gasteiger partial charge on any atom is 0.261 e. The Balaban J connectivity index is 1.71. The second-order valence-electron chi connectivity index (χ2n) is 7.43. The van der Waals surface area contributed by atoms with Crippen LogP contribution >= 0.6 is 0 Å². The molecule has 0 spiro atoms. The standard InChI is InChI=1S/C18H17FN6O/c1-18(5-6-18)8-12-9-25(22-21-12)15-16-23(2)17(26)13-7-11(19)3-4-14(13)24(16)10-20-15/h3-4,7,9-10H,5-6,8H2,1-2H3. The number of fused-ring (bicyclic) bond motifs is 3. The molecule has 132 valence electrons. The monoisotopic (exact) mass is 352 g/mol. The van der Waals surface area contributed by atoms with E-state index in [1.165, 1.54) is 29.5 Å². The molecule has 0 unspecified atom stereocenters. The van der Waals surface area contributed by atoms with Gasteiger partial charge < -0.3 is 0 Å². The fourth-order valence-corrected chi connectivity index (χ4v) is 3.46. The molecule has 0 bridgehead atoms. The second kappa shape index (κ2) is 5.00. The van der Waals surface area contributed by atoms with E-state index in [0.29, 0.717) is 27.8 Å². The average molecular weight is 352 g/mol. The molecule has 26 heavy (non-hydrogen) atoms. The molecule has 5 rings (SSSR count). The van der Waals surface area contributed by atoms with Gasteiger partial charge in [-0.15, -0.1) is 5.10 Å². The van der Waals surface area contributed by atoms with Crippen LogP contribution < -0.4 is 5.56 Å². The lowest BCUT2D eigenvalue weighted by Crippen LogP contribution is -2.20. The third-order valence-corrected chi connectivity index (χ3v) is 5.26. The summed E-state index contributed by atoms with van der Waals surface area (Å²) in [5.41, 5.74) is 2.17. The SMILES string of the molecule is Cn1c(=O)c2cc(F)ccc2n2cnc(-n3cc(CC4(C)CC4)nn3)c12. The summed E-state index contributed by atoms with van der Waals surface area (Å²) in [6.07, 6.45) is 6.80. The van der Waals surface area contributed by atoms with Gasteiger partial charge in [0, 0.05) is 7.05 Å². The first-order valence-electron chi connectivity index (χ1n) is 8.52. The second-order valence-corrected chi connectivity index (χ2v) is 7.43. The fraction of sp³-hybridized carbons (Fsp3) is 0.333. The number of halogens is 1. The molecule has 0 saturated heterocycles. The summed E-state index contributed by atoms with van der Waals surface area (Å²) in [7, 11) is 1.65. The molecular formula is C18H17FN6O. The van der Waals surface area contributed by atoms with E-state index in [4.69, 9.17) is 0 Å². The van der Waals surface area contributed by atoms with Crippen molar-refractivity contribution in [2.24, 2.45) is 12.5 Å². The van der Waals surface area contributed by atoms with Gasteiger partial charge in [0.25, 0.3) is 5.56 Å². The zero-order chi connectivity index (χ0) is 18.1. The Morgan fingerprint density at radius 3 is 2.88 bits per heavy atom. The van der Waals surface area contributed by atoms with Crippen LogP contribution in [0, 0.1) is 11.2 Å². The van der Waals surface area contributed by atoms with Crippen molar-refractivity contribution in [2.45, 2.75) is 26.2 Å². The zero-order valence-electron chi connectivity index (χ0n) is 14.5. The van der Waals surface area contributed by atoms with Gasteiger partial charge in [-0.3, -0.25) is 13.8 Å². The van der Waals surface area contributed by atoms with Crippen LogP contribution in [0.5, 0.6) is 0 Å². The number of benzene rings is 1. The van der Waals surface area contributed by atoms with Crippen molar-refractivity contribution in [2.75, 3.05) is 0 Å². The highest BCUT2D eigenvalue weighted by Gasteiger charge is 2.38. The van der Waals surface area contributed by atoms with Crippen LogP contribution in [0.25, 0.3) is 22.4 Å². The van der Waals surface area contributed by atoms with Crippen LogP contribution in [0.15, 0.2) is 35.5 Å². The Kier molecular flexibility index (Phi) is 2.93. The van der Waals surface area contributed by atoms with Crippen molar-refractivity contribution in [3.8, 4) is 5.82 Å². The number of hydrogen-bond acceptors (Lipinski definition) is 4. The van der Waals surface area contributed by atoms with Gasteiger partial charge in [0.15, 0.2) is 11.5 Å². The van der Waals surface area contributed by atoms with Crippen LogP contribution in [-0.2, 0) is 13.5 Å². The van der Waals surface area contributed by atoms with Crippen LogP contribution in [0.3, 0.4) is 0 Å². The molecule has 0 atom stereocenters. The maximum absolute atomic E-state index is 13.6. The Bertz CT molecular complexity index is 1230. The third kappa shape index (κ3) is 2.18. The van der Waals surface area contributed by atoms with Crippen molar-refractivity contribution in [3.63, 3.8) is 0 Å². The summed E-state index contributed by atoms with van der Waals surface area (Å²) in [4.78, 5) is 17.1. The van der Waals surface area contributed by atoms with E-state index < -0.39 is 5.82 Å². The van der Waals surface area contributed by atoms with Crippen molar-refractivity contribution in [1.29, 1.82) is 0 Å². The summed E-state index contributed by atoms with van der Waals surface area (Å²) in [6.45, 7) is 2.24. The first kappa shape index (κ1) is 15.2. The van der Waals surface area contributed by atoms with Crippen molar-refractivity contribution in [3.05, 3.63) is 52.6 Å². The summed E-state index contributed by atoms with van der Waals surface area (Å²) < 4.78 is 18.4. The molecule has 3 heterocycles. The maximum atomic E-state index is 13.6. The van der Waals surface area contributed by atoms with Crippen molar-refractivity contribution < 1.29 is 4.39 Å². The van der Waals surface area contributed by atoms with E-state index >= 15 is 0 Å². The summed E-state index contributed by atoms with van der Waals surface area (Å²) in [6, 6.07) is 4.18. The molecule has 1 aliphatic rings. The van der Waals surface area contributed by atoms with E-state index in [9.17, 15) is 9.18 Å². The van der Waals surface area contributed by atoms with Crippen LogP contribution in [0.4, 0.5) is 4.39 Å². The molecule has 1 aliphatic carbocycles. The molecule has 0 aliphatic heterocycles. The smallest absolute Gasteiger partial charge is 0.261 e. The lowest BCUT2D eigenvalue weighted by molar-refractivity contribution is 0.560. The summed E-state index contributed by atoms with van der Waals surface area (Å²) in [5, 5.41) is 8.77. The number of rotatable bonds is 3. The normalized spacial score (nSPS) is 15.8. The van der Waals surface area contributed by atoms with E-state index in [0.717, 1.165) is 12.1 Å². The summed E-state index contributed by atoms with van der Waals surface area (Å²) in [5.74, 6) is 0.0827. The molecule has 3 aromatic heterocycles. The average Bonchev–Trinajstić information content (AvgIpc) is 3.00. The minimum atomic E-state index is -0.441. The van der Waals surface area contributed by atoms with Crippen molar-refractivity contribution in [1.82, 2.24) is 28.9 Å². The molecule has 8 heteroatoms. The predicted molar refractivity (Wildman–Crippen MR) is 93.9 cm³/mol. The zero-order valence-corrected chi connectivity index (χ0v) is 14.5. The van der Waals surface area contributed by atoms with E-state index in [-0.39, 0.29) is 5.56 Å². The molecular weight excluding hydrogens is 335 g/mol. The molecule has 1 fully saturated rings. The number of hydrogen-bond donors (Lipinski definition) is 0. The molecule has 1 saturated carbocycles. The number of aryl methyl sites for hydroxylation is 1. The van der Waals surface area contributed by atoms with Crippen LogP contribution in [0.2, 0.25) is 0 Å². The van der Waals surface area contributed by atoms with Crippen LogP contribution in [0.1, 0.15) is 25.5 Å². The third-order valence-electron chi connectivity index (χ3n) is 5.26. The van der Waals surface area contributed by atoms with Gasteiger partial charge >= 0.3 is 0 Å². The van der Waals surface area contributed by atoms with Crippen LogP contribution in [-0.4, -0.2) is 28.9 Å². The molecule has 4 aromatic rings. The molecule has 7 nitrogen and oxygen atoms in total. The highest BCUT2D eigenvalue weighted by atomic mass is 19.1. The Labute approximate surface area is 147 Å².